The third-order valence-corrected chi connectivity index (χ3v) is 3.67. The van der Waals surface area contributed by atoms with Crippen LogP contribution in [0.1, 0.15) is 44.6 Å². The van der Waals surface area contributed by atoms with Gasteiger partial charge in [-0.05, 0) is 50.7 Å². The summed E-state index contributed by atoms with van der Waals surface area (Å²) in [5, 5.41) is 9.26. The van der Waals surface area contributed by atoms with Crippen LogP contribution in [0.15, 0.2) is 24.3 Å². The van der Waals surface area contributed by atoms with Gasteiger partial charge < -0.3 is 10.0 Å². The van der Waals surface area contributed by atoms with E-state index < -0.39 is 0 Å². The van der Waals surface area contributed by atoms with E-state index in [1.165, 1.54) is 5.56 Å². The number of amides is 1. The normalized spacial score (nSPS) is 16.9. The molecular weight excluding hydrogens is 238 g/mol. The first kappa shape index (κ1) is 14.1. The summed E-state index contributed by atoms with van der Waals surface area (Å²) in [6, 6.07) is 8.21. The van der Waals surface area contributed by atoms with Gasteiger partial charge in [-0.1, -0.05) is 18.2 Å². The molecule has 1 heterocycles. The van der Waals surface area contributed by atoms with Crippen molar-refractivity contribution < 1.29 is 9.90 Å². The quantitative estimate of drug-likeness (QED) is 0.828. The van der Waals surface area contributed by atoms with E-state index in [2.05, 4.69) is 6.07 Å². The lowest BCUT2D eigenvalue weighted by Crippen LogP contribution is -2.31. The van der Waals surface area contributed by atoms with E-state index in [0.29, 0.717) is 6.42 Å². The van der Waals surface area contributed by atoms with E-state index in [1.807, 2.05) is 30.0 Å². The van der Waals surface area contributed by atoms with Gasteiger partial charge in [-0.25, -0.2) is 0 Å². The van der Waals surface area contributed by atoms with Crippen LogP contribution in [0, 0.1) is 0 Å². The molecule has 0 bridgehead atoms. The van der Waals surface area contributed by atoms with Gasteiger partial charge in [-0.3, -0.25) is 4.79 Å². The number of unbranched alkanes of at least 4 members (excludes halogenated alkanes) is 1. The SMILES string of the molecule is CC(O)CCCCN1C(=O)CCCc2ccccc21. The topological polar surface area (TPSA) is 40.5 Å². The molecule has 1 aliphatic rings. The zero-order chi connectivity index (χ0) is 13.7. The second-order valence-corrected chi connectivity index (χ2v) is 5.37. The first-order valence-electron chi connectivity index (χ1n) is 7.25. The number of carbonyl (C=O) groups excluding carboxylic acids is 1. The summed E-state index contributed by atoms with van der Waals surface area (Å²) in [6.07, 6.45) is 5.06. The molecule has 1 amide bonds. The number of para-hydroxylation sites is 1. The smallest absolute Gasteiger partial charge is 0.226 e. The van der Waals surface area contributed by atoms with Crippen molar-refractivity contribution in [2.45, 2.75) is 51.6 Å². The molecule has 0 aliphatic carbocycles. The Morgan fingerprint density at radius 1 is 1.26 bits per heavy atom. The second-order valence-electron chi connectivity index (χ2n) is 5.37. The van der Waals surface area contributed by atoms with Crippen LogP contribution >= 0.6 is 0 Å². The van der Waals surface area contributed by atoms with E-state index in [1.54, 1.807) is 0 Å². The zero-order valence-electron chi connectivity index (χ0n) is 11.6. The Hall–Kier alpha value is -1.35. The number of aliphatic hydroxyl groups is 1. The van der Waals surface area contributed by atoms with E-state index in [9.17, 15) is 9.90 Å². The number of nitrogens with zero attached hydrogens (tertiary/aromatic N) is 1. The summed E-state index contributed by atoms with van der Waals surface area (Å²) in [6.45, 7) is 2.58. The van der Waals surface area contributed by atoms with Gasteiger partial charge in [0.05, 0.1) is 6.10 Å². The number of hydrogen-bond donors (Lipinski definition) is 1. The Labute approximate surface area is 115 Å². The monoisotopic (exact) mass is 261 g/mol. The summed E-state index contributed by atoms with van der Waals surface area (Å²) in [4.78, 5) is 14.1. The summed E-state index contributed by atoms with van der Waals surface area (Å²) < 4.78 is 0. The average molecular weight is 261 g/mol. The molecule has 104 valence electrons. The number of rotatable bonds is 5. The highest BCUT2D eigenvalue weighted by Gasteiger charge is 2.21. The minimum absolute atomic E-state index is 0.238. The molecule has 3 heteroatoms. The fourth-order valence-electron chi connectivity index (χ4n) is 2.64. The van der Waals surface area contributed by atoms with Crippen molar-refractivity contribution in [3.8, 4) is 0 Å². The molecule has 1 aromatic carbocycles. The van der Waals surface area contributed by atoms with Crippen LogP contribution in [0.2, 0.25) is 0 Å². The molecule has 1 aromatic rings. The highest BCUT2D eigenvalue weighted by molar-refractivity contribution is 5.94. The molecule has 19 heavy (non-hydrogen) atoms. The molecule has 0 saturated heterocycles. The van der Waals surface area contributed by atoms with Gasteiger partial charge in [0, 0.05) is 18.7 Å². The fraction of sp³-hybridized carbons (Fsp3) is 0.562. The van der Waals surface area contributed by atoms with Gasteiger partial charge >= 0.3 is 0 Å². The molecule has 1 N–H and O–H groups in total. The van der Waals surface area contributed by atoms with E-state index in [0.717, 1.165) is 44.3 Å². The van der Waals surface area contributed by atoms with Crippen molar-refractivity contribution in [3.05, 3.63) is 29.8 Å². The number of benzene rings is 1. The fourth-order valence-corrected chi connectivity index (χ4v) is 2.64. The molecule has 1 atom stereocenters. The molecule has 1 unspecified atom stereocenters. The van der Waals surface area contributed by atoms with Gasteiger partial charge in [-0.2, -0.15) is 0 Å². The second kappa shape index (κ2) is 6.71. The van der Waals surface area contributed by atoms with Crippen LogP contribution in [0.5, 0.6) is 0 Å². The first-order valence-corrected chi connectivity index (χ1v) is 7.25. The maximum Gasteiger partial charge on any atom is 0.226 e. The molecule has 0 aromatic heterocycles. The molecule has 1 aliphatic heterocycles. The molecule has 0 spiro atoms. The van der Waals surface area contributed by atoms with Crippen LogP contribution < -0.4 is 4.90 Å². The number of hydrogen-bond acceptors (Lipinski definition) is 2. The van der Waals surface area contributed by atoms with Crippen LogP contribution in [0.3, 0.4) is 0 Å². The summed E-state index contributed by atoms with van der Waals surface area (Å²) in [7, 11) is 0. The lowest BCUT2D eigenvalue weighted by Gasteiger charge is -2.23. The molecule has 0 radical (unpaired) electrons. The third kappa shape index (κ3) is 3.80. The van der Waals surface area contributed by atoms with Gasteiger partial charge in [0.15, 0.2) is 0 Å². The summed E-state index contributed by atoms with van der Waals surface area (Å²) >= 11 is 0. The Morgan fingerprint density at radius 3 is 2.84 bits per heavy atom. The largest absolute Gasteiger partial charge is 0.393 e. The van der Waals surface area contributed by atoms with Gasteiger partial charge in [0.1, 0.15) is 0 Å². The average Bonchev–Trinajstić information content (AvgIpc) is 2.54. The van der Waals surface area contributed by atoms with Crippen molar-refractivity contribution in [1.82, 2.24) is 0 Å². The highest BCUT2D eigenvalue weighted by atomic mass is 16.3. The lowest BCUT2D eigenvalue weighted by atomic mass is 10.1. The summed E-state index contributed by atoms with van der Waals surface area (Å²) in [5.41, 5.74) is 2.37. The van der Waals surface area contributed by atoms with Gasteiger partial charge in [0.2, 0.25) is 5.91 Å². The van der Waals surface area contributed by atoms with E-state index in [-0.39, 0.29) is 12.0 Å². The van der Waals surface area contributed by atoms with Crippen molar-refractivity contribution >= 4 is 11.6 Å². The predicted octanol–water partition coefficient (Wildman–Crippen LogP) is 2.91. The summed E-state index contributed by atoms with van der Waals surface area (Å²) in [5.74, 6) is 0.238. The Morgan fingerprint density at radius 2 is 2.05 bits per heavy atom. The maximum atomic E-state index is 12.2. The van der Waals surface area contributed by atoms with Crippen LogP contribution in [-0.4, -0.2) is 23.7 Å². The van der Waals surface area contributed by atoms with E-state index >= 15 is 0 Å². The highest BCUT2D eigenvalue weighted by Crippen LogP contribution is 2.27. The minimum Gasteiger partial charge on any atom is -0.393 e. The molecule has 0 saturated carbocycles. The molecular formula is C16H23NO2. The minimum atomic E-state index is -0.243. The van der Waals surface area contributed by atoms with Crippen LogP contribution in [0.25, 0.3) is 0 Å². The number of aryl methyl sites for hydroxylation is 1. The van der Waals surface area contributed by atoms with Crippen molar-refractivity contribution in [1.29, 1.82) is 0 Å². The first-order chi connectivity index (χ1) is 9.18. The number of aliphatic hydroxyl groups excluding tert-OH is 1. The molecule has 0 fully saturated rings. The van der Waals surface area contributed by atoms with Crippen molar-refractivity contribution in [2.75, 3.05) is 11.4 Å². The van der Waals surface area contributed by atoms with Crippen molar-refractivity contribution in [2.24, 2.45) is 0 Å². The predicted molar refractivity (Wildman–Crippen MR) is 77.3 cm³/mol. The lowest BCUT2D eigenvalue weighted by molar-refractivity contribution is -0.118. The number of anilines is 1. The molecule has 3 nitrogen and oxygen atoms in total. The number of fused-ring (bicyclic) bond motifs is 1. The Balaban J connectivity index is 2.02. The number of carbonyl (C=O) groups is 1. The van der Waals surface area contributed by atoms with Crippen molar-refractivity contribution in [3.63, 3.8) is 0 Å². The maximum absolute atomic E-state index is 12.2. The zero-order valence-corrected chi connectivity index (χ0v) is 11.6. The molecule has 2 rings (SSSR count). The van der Waals surface area contributed by atoms with Crippen LogP contribution in [0.4, 0.5) is 5.69 Å². The van der Waals surface area contributed by atoms with Gasteiger partial charge in [0.25, 0.3) is 0 Å². The third-order valence-electron chi connectivity index (χ3n) is 3.67. The van der Waals surface area contributed by atoms with Gasteiger partial charge in [-0.15, -0.1) is 0 Å². The Bertz CT molecular complexity index is 429. The Kier molecular flexibility index (Phi) is 4.97. The standard InChI is InChI=1S/C16H23NO2/c1-13(18)7-4-5-12-17-15-10-3-2-8-14(15)9-6-11-16(17)19/h2-3,8,10,13,18H,4-7,9,11-12H2,1H3. The van der Waals surface area contributed by atoms with E-state index in [4.69, 9.17) is 0 Å². The van der Waals surface area contributed by atoms with Crippen LogP contribution in [-0.2, 0) is 11.2 Å².